The van der Waals surface area contributed by atoms with E-state index in [9.17, 15) is 9.59 Å². The summed E-state index contributed by atoms with van der Waals surface area (Å²) in [5.41, 5.74) is 0.245. The Kier molecular flexibility index (Phi) is 3.20. The summed E-state index contributed by atoms with van der Waals surface area (Å²) >= 11 is 0. The summed E-state index contributed by atoms with van der Waals surface area (Å²) in [6.07, 6.45) is 9.55. The minimum atomic E-state index is -0.588. The second-order valence-corrected chi connectivity index (χ2v) is 2.63. The van der Waals surface area contributed by atoms with Gasteiger partial charge in [-0.15, -0.1) is 0 Å². The van der Waals surface area contributed by atoms with E-state index in [0.717, 1.165) is 6.42 Å². The smallest absolute Gasteiger partial charge is 0.341 e. The molecular formula is C10H10O3. The fraction of sp³-hybridized carbons (Fsp3) is 0.200. The molecule has 0 unspecified atom stereocenters. The van der Waals surface area contributed by atoms with Crippen molar-refractivity contribution in [3.8, 4) is 0 Å². The van der Waals surface area contributed by atoms with Gasteiger partial charge in [-0.3, -0.25) is 4.79 Å². The highest BCUT2D eigenvalue weighted by Gasteiger charge is 2.24. The van der Waals surface area contributed by atoms with Gasteiger partial charge in [0.15, 0.2) is 0 Å². The van der Waals surface area contributed by atoms with Crippen molar-refractivity contribution < 1.29 is 14.3 Å². The molecule has 0 spiro atoms. The summed E-state index contributed by atoms with van der Waals surface area (Å²) < 4.78 is 4.10. The third-order valence-corrected chi connectivity index (χ3v) is 1.51. The van der Waals surface area contributed by atoms with Crippen LogP contribution < -0.4 is 0 Å². The van der Waals surface area contributed by atoms with Gasteiger partial charge in [0.25, 0.3) is 0 Å². The Bertz CT molecular complexity index is 269. The molecule has 1 heterocycles. The average molecular weight is 178 g/mol. The fourth-order valence-electron chi connectivity index (χ4n) is 0.851. The predicted molar refractivity (Wildman–Crippen MR) is 47.8 cm³/mol. The van der Waals surface area contributed by atoms with Crippen molar-refractivity contribution in [3.63, 3.8) is 0 Å². The Balaban J connectivity index is 0.000000145. The van der Waals surface area contributed by atoms with Gasteiger partial charge in [-0.25, -0.2) is 4.79 Å². The van der Waals surface area contributed by atoms with Crippen LogP contribution in [0.3, 0.4) is 0 Å². The van der Waals surface area contributed by atoms with E-state index in [4.69, 9.17) is 0 Å². The molecule has 1 aliphatic heterocycles. The number of hydrogen-bond acceptors (Lipinski definition) is 3. The molecule has 2 rings (SSSR count). The molecule has 0 aromatic rings. The maximum Gasteiger partial charge on any atom is 0.341 e. The molecule has 0 bridgehead atoms. The Morgan fingerprint density at radius 3 is 2.00 bits per heavy atom. The molecule has 3 nitrogen and oxygen atoms in total. The van der Waals surface area contributed by atoms with Gasteiger partial charge in [-0.1, -0.05) is 30.9 Å². The van der Waals surface area contributed by atoms with Gasteiger partial charge >= 0.3 is 11.9 Å². The molecule has 68 valence electrons. The first-order valence-electron chi connectivity index (χ1n) is 3.94. The van der Waals surface area contributed by atoms with Crippen LogP contribution in [0.25, 0.3) is 0 Å². The summed E-state index contributed by atoms with van der Waals surface area (Å²) in [5.74, 6) is -1.09. The Morgan fingerprint density at radius 1 is 1.23 bits per heavy atom. The number of esters is 2. The first kappa shape index (κ1) is 9.45. The molecule has 1 fully saturated rings. The largest absolute Gasteiger partial charge is 0.389 e. The Hall–Kier alpha value is -1.64. The summed E-state index contributed by atoms with van der Waals surface area (Å²) in [7, 11) is 0. The van der Waals surface area contributed by atoms with Gasteiger partial charge in [0.05, 0.1) is 6.42 Å². The number of allylic oxidation sites excluding steroid dienone is 4. The molecule has 2 aliphatic rings. The molecule has 0 aromatic heterocycles. The fourth-order valence-corrected chi connectivity index (χ4v) is 0.851. The van der Waals surface area contributed by atoms with E-state index in [0.29, 0.717) is 0 Å². The zero-order valence-electron chi connectivity index (χ0n) is 7.16. The molecule has 1 aliphatic carbocycles. The van der Waals surface area contributed by atoms with Gasteiger partial charge in [0.2, 0.25) is 0 Å². The molecule has 13 heavy (non-hydrogen) atoms. The molecular weight excluding hydrogens is 168 g/mol. The van der Waals surface area contributed by atoms with Crippen LogP contribution >= 0.6 is 0 Å². The van der Waals surface area contributed by atoms with Crippen molar-refractivity contribution in [2.45, 2.75) is 12.8 Å². The van der Waals surface area contributed by atoms with Crippen molar-refractivity contribution >= 4 is 11.9 Å². The summed E-state index contributed by atoms with van der Waals surface area (Å²) in [4.78, 5) is 20.4. The number of cyclic esters (lactones) is 2. The van der Waals surface area contributed by atoms with E-state index in [-0.39, 0.29) is 12.0 Å². The van der Waals surface area contributed by atoms with Crippen molar-refractivity contribution in [1.82, 2.24) is 0 Å². The second kappa shape index (κ2) is 4.40. The normalized spacial score (nSPS) is 18.6. The average Bonchev–Trinajstić information content (AvgIpc) is 2.66. The van der Waals surface area contributed by atoms with Crippen LogP contribution in [0.15, 0.2) is 36.5 Å². The van der Waals surface area contributed by atoms with Crippen LogP contribution in [-0.2, 0) is 14.3 Å². The van der Waals surface area contributed by atoms with Crippen LogP contribution in [0.5, 0.6) is 0 Å². The minimum Gasteiger partial charge on any atom is -0.389 e. The van der Waals surface area contributed by atoms with E-state index in [1.165, 1.54) is 0 Å². The van der Waals surface area contributed by atoms with Crippen molar-refractivity contribution in [2.75, 3.05) is 0 Å². The zero-order valence-corrected chi connectivity index (χ0v) is 7.16. The predicted octanol–water partition coefficient (Wildman–Crippen LogP) is 1.52. The molecule has 0 amide bonds. The molecule has 0 aromatic carbocycles. The zero-order chi connectivity index (χ0) is 9.68. The van der Waals surface area contributed by atoms with Crippen molar-refractivity contribution in [2.24, 2.45) is 0 Å². The maximum atomic E-state index is 10.2. The van der Waals surface area contributed by atoms with Crippen LogP contribution in [0, 0.1) is 0 Å². The van der Waals surface area contributed by atoms with Crippen molar-refractivity contribution in [3.05, 3.63) is 36.5 Å². The van der Waals surface area contributed by atoms with Crippen LogP contribution in [0.2, 0.25) is 0 Å². The highest BCUT2D eigenvalue weighted by molar-refractivity contribution is 6.05. The topological polar surface area (TPSA) is 43.4 Å². The van der Waals surface area contributed by atoms with Gasteiger partial charge < -0.3 is 4.74 Å². The van der Waals surface area contributed by atoms with Gasteiger partial charge in [-0.05, 0) is 6.42 Å². The number of hydrogen-bond donors (Lipinski definition) is 0. The highest BCUT2D eigenvalue weighted by atomic mass is 16.6. The standard InChI is InChI=1S/C5H4O3.C5H6/c1-3-2-4(6)8-5(3)7;1-2-4-5-3-1/h1-2H2;1-4H,5H2. The van der Waals surface area contributed by atoms with Crippen molar-refractivity contribution in [1.29, 1.82) is 0 Å². The molecule has 0 saturated carbocycles. The van der Waals surface area contributed by atoms with E-state index >= 15 is 0 Å². The van der Waals surface area contributed by atoms with Crippen LogP contribution in [0.1, 0.15) is 12.8 Å². The third kappa shape index (κ3) is 3.07. The number of rotatable bonds is 0. The number of carbonyl (C=O) groups is 2. The molecule has 0 atom stereocenters. The molecule has 1 saturated heterocycles. The summed E-state index contributed by atoms with van der Waals surface area (Å²) in [6, 6.07) is 0. The lowest BCUT2D eigenvalue weighted by Crippen LogP contribution is -1.95. The summed E-state index contributed by atoms with van der Waals surface area (Å²) in [6.45, 7) is 3.29. The maximum absolute atomic E-state index is 10.2. The minimum absolute atomic E-state index is 0.0544. The SMILES string of the molecule is C1=CCC=C1.C=C1CC(=O)OC1=O. The Labute approximate surface area is 76.4 Å². The number of ether oxygens (including phenoxy) is 1. The van der Waals surface area contributed by atoms with Gasteiger partial charge in [0.1, 0.15) is 0 Å². The lowest BCUT2D eigenvalue weighted by Gasteiger charge is -1.80. The molecule has 0 radical (unpaired) electrons. The number of carbonyl (C=O) groups excluding carboxylic acids is 2. The van der Waals surface area contributed by atoms with E-state index in [1.54, 1.807) is 0 Å². The van der Waals surface area contributed by atoms with Crippen LogP contribution in [0.4, 0.5) is 0 Å². The lowest BCUT2D eigenvalue weighted by molar-refractivity contribution is -0.151. The Morgan fingerprint density at radius 2 is 1.85 bits per heavy atom. The highest BCUT2D eigenvalue weighted by Crippen LogP contribution is 2.10. The lowest BCUT2D eigenvalue weighted by atomic mass is 10.3. The quantitative estimate of drug-likeness (QED) is 0.321. The monoisotopic (exact) mass is 178 g/mol. The first-order chi connectivity index (χ1) is 6.20. The van der Waals surface area contributed by atoms with E-state index < -0.39 is 11.9 Å². The second-order valence-electron chi connectivity index (χ2n) is 2.63. The molecule has 3 heteroatoms. The summed E-state index contributed by atoms with van der Waals surface area (Å²) in [5, 5.41) is 0. The first-order valence-corrected chi connectivity index (χ1v) is 3.94. The van der Waals surface area contributed by atoms with E-state index in [2.05, 4.69) is 35.6 Å². The van der Waals surface area contributed by atoms with Gasteiger partial charge in [0, 0.05) is 5.57 Å². The van der Waals surface area contributed by atoms with E-state index in [1.807, 2.05) is 0 Å². The third-order valence-electron chi connectivity index (χ3n) is 1.51. The molecule has 0 N–H and O–H groups in total. The van der Waals surface area contributed by atoms with Gasteiger partial charge in [-0.2, -0.15) is 0 Å². The van der Waals surface area contributed by atoms with Crippen LogP contribution in [-0.4, -0.2) is 11.9 Å².